The summed E-state index contributed by atoms with van der Waals surface area (Å²) in [4.78, 5) is 14.5. The fourth-order valence-electron chi connectivity index (χ4n) is 3.24. The highest BCUT2D eigenvalue weighted by Gasteiger charge is 2.38. The average molecular weight is 343 g/mol. The van der Waals surface area contributed by atoms with Gasteiger partial charge in [-0.3, -0.25) is 4.79 Å². The number of hydrogen-bond acceptors (Lipinski definition) is 2. The summed E-state index contributed by atoms with van der Waals surface area (Å²) in [5.41, 5.74) is 3.11. The Bertz CT molecular complexity index is 703. The van der Waals surface area contributed by atoms with Crippen molar-refractivity contribution in [2.75, 3.05) is 25.5 Å². The van der Waals surface area contributed by atoms with Crippen molar-refractivity contribution in [3.05, 3.63) is 64.7 Å². The van der Waals surface area contributed by atoms with Crippen molar-refractivity contribution in [2.45, 2.75) is 24.7 Å². The van der Waals surface area contributed by atoms with E-state index in [1.54, 1.807) is 0 Å². The van der Waals surface area contributed by atoms with Crippen LogP contribution in [0.3, 0.4) is 0 Å². The van der Waals surface area contributed by atoms with Crippen LogP contribution in [0.5, 0.6) is 0 Å². The summed E-state index contributed by atoms with van der Waals surface area (Å²) >= 11 is 5.99. The van der Waals surface area contributed by atoms with Crippen LogP contribution in [-0.2, 0) is 5.41 Å². The SMILES string of the molecule is CN(C)c1ccc(C(=O)NCC2(c3ccc(Cl)cc3)CCC2)cc1. The fraction of sp³-hybridized carbons (Fsp3) is 0.350. The fourth-order valence-corrected chi connectivity index (χ4v) is 3.36. The van der Waals surface area contributed by atoms with E-state index in [4.69, 9.17) is 11.6 Å². The van der Waals surface area contributed by atoms with Crippen molar-refractivity contribution in [2.24, 2.45) is 0 Å². The lowest BCUT2D eigenvalue weighted by Crippen LogP contribution is -2.45. The Morgan fingerprint density at radius 3 is 2.21 bits per heavy atom. The van der Waals surface area contributed by atoms with Gasteiger partial charge in [-0.15, -0.1) is 0 Å². The van der Waals surface area contributed by atoms with Crippen LogP contribution < -0.4 is 10.2 Å². The van der Waals surface area contributed by atoms with Crippen molar-refractivity contribution < 1.29 is 4.79 Å². The topological polar surface area (TPSA) is 32.3 Å². The summed E-state index contributed by atoms with van der Waals surface area (Å²) in [7, 11) is 3.98. The molecule has 1 amide bonds. The molecule has 0 aliphatic heterocycles. The molecular weight excluding hydrogens is 320 g/mol. The van der Waals surface area contributed by atoms with Gasteiger partial charge in [-0.25, -0.2) is 0 Å². The van der Waals surface area contributed by atoms with Gasteiger partial charge < -0.3 is 10.2 Å². The average Bonchev–Trinajstić information content (AvgIpc) is 2.55. The van der Waals surface area contributed by atoms with Crippen molar-refractivity contribution >= 4 is 23.2 Å². The van der Waals surface area contributed by atoms with E-state index in [1.807, 2.05) is 55.4 Å². The first-order valence-electron chi connectivity index (χ1n) is 8.32. The molecule has 0 unspecified atom stereocenters. The Kier molecular flexibility index (Phi) is 4.81. The molecule has 24 heavy (non-hydrogen) atoms. The Hall–Kier alpha value is -2.00. The monoisotopic (exact) mass is 342 g/mol. The molecule has 1 aliphatic rings. The van der Waals surface area contributed by atoms with E-state index in [1.165, 1.54) is 12.0 Å². The van der Waals surface area contributed by atoms with Gasteiger partial charge in [0.05, 0.1) is 0 Å². The minimum atomic E-state index is -0.0134. The highest BCUT2D eigenvalue weighted by molar-refractivity contribution is 6.30. The predicted octanol–water partition coefficient (Wildman–Crippen LogP) is 4.26. The van der Waals surface area contributed by atoms with Gasteiger partial charge in [-0.1, -0.05) is 30.2 Å². The number of benzene rings is 2. The van der Waals surface area contributed by atoms with Crippen LogP contribution >= 0.6 is 11.6 Å². The first kappa shape index (κ1) is 16.8. The number of halogens is 1. The molecule has 4 heteroatoms. The molecule has 2 aromatic rings. The highest BCUT2D eigenvalue weighted by atomic mass is 35.5. The number of anilines is 1. The van der Waals surface area contributed by atoms with Gasteiger partial charge >= 0.3 is 0 Å². The van der Waals surface area contributed by atoms with Crippen LogP contribution in [0.1, 0.15) is 35.2 Å². The third-order valence-corrected chi connectivity index (χ3v) is 5.25. The first-order chi connectivity index (χ1) is 11.5. The van der Waals surface area contributed by atoms with E-state index in [0.717, 1.165) is 23.6 Å². The van der Waals surface area contributed by atoms with Crippen LogP contribution in [0.25, 0.3) is 0 Å². The van der Waals surface area contributed by atoms with E-state index in [9.17, 15) is 4.79 Å². The minimum Gasteiger partial charge on any atom is -0.378 e. The number of carbonyl (C=O) groups excluding carboxylic acids is 1. The zero-order valence-electron chi connectivity index (χ0n) is 14.2. The summed E-state index contributed by atoms with van der Waals surface area (Å²) in [6, 6.07) is 15.7. The molecule has 1 aliphatic carbocycles. The number of nitrogens with zero attached hydrogens (tertiary/aromatic N) is 1. The molecule has 0 atom stereocenters. The zero-order valence-corrected chi connectivity index (χ0v) is 14.9. The Morgan fingerprint density at radius 1 is 1.08 bits per heavy atom. The second-order valence-corrected chi connectivity index (χ2v) is 7.20. The van der Waals surface area contributed by atoms with Gasteiger partial charge in [0.25, 0.3) is 5.91 Å². The number of nitrogens with one attached hydrogen (secondary N) is 1. The van der Waals surface area contributed by atoms with E-state index in [-0.39, 0.29) is 11.3 Å². The molecule has 0 heterocycles. The molecule has 0 spiro atoms. The zero-order chi connectivity index (χ0) is 17.2. The molecule has 2 aromatic carbocycles. The molecule has 0 saturated heterocycles. The van der Waals surface area contributed by atoms with Gasteiger partial charge in [0.2, 0.25) is 0 Å². The van der Waals surface area contributed by atoms with Gasteiger partial charge in [0, 0.05) is 42.3 Å². The molecular formula is C20H23ClN2O. The van der Waals surface area contributed by atoms with Gasteiger partial charge in [-0.05, 0) is 54.8 Å². The Balaban J connectivity index is 1.67. The maximum atomic E-state index is 12.5. The summed E-state index contributed by atoms with van der Waals surface area (Å²) in [6.45, 7) is 0.670. The second kappa shape index (κ2) is 6.86. The standard InChI is InChI=1S/C20H23ClN2O/c1-23(2)18-10-4-15(5-11-18)19(24)22-14-20(12-3-13-20)16-6-8-17(21)9-7-16/h4-11H,3,12-14H2,1-2H3,(H,22,24). The molecule has 1 fully saturated rings. The smallest absolute Gasteiger partial charge is 0.251 e. The third kappa shape index (κ3) is 3.41. The number of amides is 1. The normalized spacial score (nSPS) is 15.5. The maximum Gasteiger partial charge on any atom is 0.251 e. The van der Waals surface area contributed by atoms with Crippen molar-refractivity contribution in [3.63, 3.8) is 0 Å². The minimum absolute atomic E-state index is 0.0134. The van der Waals surface area contributed by atoms with E-state index >= 15 is 0 Å². The second-order valence-electron chi connectivity index (χ2n) is 6.76. The highest BCUT2D eigenvalue weighted by Crippen LogP contribution is 2.43. The molecule has 1 saturated carbocycles. The third-order valence-electron chi connectivity index (χ3n) is 5.00. The largest absolute Gasteiger partial charge is 0.378 e. The first-order valence-corrected chi connectivity index (χ1v) is 8.70. The summed E-state index contributed by atoms with van der Waals surface area (Å²) in [5.74, 6) is -0.0134. The van der Waals surface area contributed by atoms with Gasteiger partial charge in [-0.2, -0.15) is 0 Å². The van der Waals surface area contributed by atoms with Crippen molar-refractivity contribution in [1.29, 1.82) is 0 Å². The Labute approximate surface area is 148 Å². The van der Waals surface area contributed by atoms with Crippen LogP contribution in [0.2, 0.25) is 5.02 Å². The molecule has 0 bridgehead atoms. The van der Waals surface area contributed by atoms with Gasteiger partial charge in [0.1, 0.15) is 0 Å². The molecule has 126 valence electrons. The van der Waals surface area contributed by atoms with Crippen molar-refractivity contribution in [1.82, 2.24) is 5.32 Å². The van der Waals surface area contributed by atoms with Crippen molar-refractivity contribution in [3.8, 4) is 0 Å². The van der Waals surface area contributed by atoms with Crippen LogP contribution in [0.15, 0.2) is 48.5 Å². The number of carbonyl (C=O) groups is 1. The van der Waals surface area contributed by atoms with Gasteiger partial charge in [0.15, 0.2) is 0 Å². The molecule has 3 rings (SSSR count). The van der Waals surface area contributed by atoms with Crippen LogP contribution in [0.4, 0.5) is 5.69 Å². The summed E-state index contributed by atoms with van der Waals surface area (Å²) < 4.78 is 0. The van der Waals surface area contributed by atoms with Crippen LogP contribution in [0, 0.1) is 0 Å². The molecule has 0 aromatic heterocycles. The van der Waals surface area contributed by atoms with E-state index < -0.39 is 0 Å². The van der Waals surface area contributed by atoms with E-state index in [0.29, 0.717) is 12.1 Å². The van der Waals surface area contributed by atoms with Crippen LogP contribution in [-0.4, -0.2) is 26.5 Å². The quantitative estimate of drug-likeness (QED) is 0.880. The molecule has 3 nitrogen and oxygen atoms in total. The number of rotatable bonds is 5. The lowest BCUT2D eigenvalue weighted by molar-refractivity contribution is 0.0928. The van der Waals surface area contributed by atoms with E-state index in [2.05, 4.69) is 17.4 Å². The molecule has 1 N–H and O–H groups in total. The lowest BCUT2D eigenvalue weighted by Gasteiger charge is -2.42. The summed E-state index contributed by atoms with van der Waals surface area (Å²) in [5, 5.41) is 3.87. The number of hydrogen-bond donors (Lipinski definition) is 1. The lowest BCUT2D eigenvalue weighted by atomic mass is 9.64. The Morgan fingerprint density at radius 2 is 1.71 bits per heavy atom. The predicted molar refractivity (Wildman–Crippen MR) is 100 cm³/mol. The maximum absolute atomic E-state index is 12.5. The molecule has 0 radical (unpaired) electrons. The summed E-state index contributed by atoms with van der Waals surface area (Å²) in [6.07, 6.45) is 3.42.